The highest BCUT2D eigenvalue weighted by Crippen LogP contribution is 2.24. The van der Waals surface area contributed by atoms with E-state index in [4.69, 9.17) is 0 Å². The molecule has 0 radical (unpaired) electrons. The van der Waals surface area contributed by atoms with Gasteiger partial charge in [0.2, 0.25) is 5.91 Å². The van der Waals surface area contributed by atoms with Crippen molar-refractivity contribution in [2.24, 2.45) is 0 Å². The first-order valence-corrected chi connectivity index (χ1v) is 8.69. The van der Waals surface area contributed by atoms with Crippen molar-refractivity contribution in [1.82, 2.24) is 10.2 Å². The van der Waals surface area contributed by atoms with Crippen molar-refractivity contribution in [2.75, 3.05) is 31.5 Å². The zero-order valence-electron chi connectivity index (χ0n) is 15.4. The van der Waals surface area contributed by atoms with Crippen molar-refractivity contribution in [3.63, 3.8) is 0 Å². The van der Waals surface area contributed by atoms with E-state index in [0.717, 1.165) is 17.7 Å². The van der Waals surface area contributed by atoms with Crippen LogP contribution in [0.5, 0.6) is 0 Å². The van der Waals surface area contributed by atoms with Gasteiger partial charge in [0, 0.05) is 37.8 Å². The molecule has 9 heteroatoms. The van der Waals surface area contributed by atoms with Crippen LogP contribution in [-0.2, 0) is 4.79 Å². The number of halogens is 2. The Kier molecular flexibility index (Phi) is 7.45. The lowest BCUT2D eigenvalue weighted by Gasteiger charge is -2.36. The van der Waals surface area contributed by atoms with E-state index in [9.17, 15) is 19.3 Å². The molecular weight excluding hydrogens is 387 g/mol. The van der Waals surface area contributed by atoms with Crippen LogP contribution >= 0.6 is 12.4 Å². The molecule has 150 valence electrons. The highest BCUT2D eigenvalue weighted by atomic mass is 35.5. The molecule has 1 saturated heterocycles. The highest BCUT2D eigenvalue weighted by molar-refractivity contribution is 5.93. The van der Waals surface area contributed by atoms with Crippen LogP contribution in [0.2, 0.25) is 0 Å². The maximum atomic E-state index is 13.6. The van der Waals surface area contributed by atoms with E-state index in [0.29, 0.717) is 18.8 Å². The van der Waals surface area contributed by atoms with Crippen molar-refractivity contribution in [3.05, 3.63) is 69.5 Å². The number of aryl methyl sites for hydroxylation is 1. The van der Waals surface area contributed by atoms with Gasteiger partial charge < -0.3 is 10.6 Å². The van der Waals surface area contributed by atoms with Gasteiger partial charge in [-0.1, -0.05) is 18.2 Å². The summed E-state index contributed by atoms with van der Waals surface area (Å²) >= 11 is 0. The second kappa shape index (κ2) is 9.59. The molecule has 0 bridgehead atoms. The minimum absolute atomic E-state index is 0. The molecule has 1 aliphatic heterocycles. The third-order valence-electron chi connectivity index (χ3n) is 4.64. The van der Waals surface area contributed by atoms with E-state index in [1.54, 1.807) is 19.1 Å². The number of amides is 1. The molecule has 0 saturated carbocycles. The third kappa shape index (κ3) is 5.25. The van der Waals surface area contributed by atoms with Gasteiger partial charge in [0.25, 0.3) is 5.69 Å². The molecule has 7 nitrogen and oxygen atoms in total. The molecule has 0 aromatic heterocycles. The summed E-state index contributed by atoms with van der Waals surface area (Å²) in [7, 11) is 0. The number of hydrogen-bond donors (Lipinski definition) is 2. The molecule has 2 N–H and O–H groups in total. The Balaban J connectivity index is 0.00000280. The highest BCUT2D eigenvalue weighted by Gasteiger charge is 2.26. The van der Waals surface area contributed by atoms with Crippen LogP contribution in [0, 0.1) is 22.9 Å². The Hall–Kier alpha value is -2.55. The number of nitro benzene ring substituents is 1. The van der Waals surface area contributed by atoms with Gasteiger partial charge in [0.15, 0.2) is 0 Å². The van der Waals surface area contributed by atoms with Gasteiger partial charge in [-0.3, -0.25) is 19.8 Å². The summed E-state index contributed by atoms with van der Waals surface area (Å²) in [6, 6.07) is 10.6. The first kappa shape index (κ1) is 21.7. The normalized spacial score (nSPS) is 16.9. The smallest absolute Gasteiger partial charge is 0.271 e. The van der Waals surface area contributed by atoms with Crippen molar-refractivity contribution < 1.29 is 14.1 Å². The molecule has 1 atom stereocenters. The molecule has 1 amide bonds. The number of carbonyl (C=O) groups is 1. The first-order chi connectivity index (χ1) is 12.9. The van der Waals surface area contributed by atoms with Crippen LogP contribution in [0.1, 0.15) is 17.2 Å². The van der Waals surface area contributed by atoms with E-state index >= 15 is 0 Å². The number of rotatable bonds is 5. The van der Waals surface area contributed by atoms with Crippen LogP contribution in [0.4, 0.5) is 15.8 Å². The summed E-state index contributed by atoms with van der Waals surface area (Å²) in [5.74, 6) is -0.573. The zero-order valence-corrected chi connectivity index (χ0v) is 16.2. The Labute approximate surface area is 168 Å². The van der Waals surface area contributed by atoms with Gasteiger partial charge in [-0.15, -0.1) is 12.4 Å². The predicted molar refractivity (Wildman–Crippen MR) is 107 cm³/mol. The lowest BCUT2D eigenvalue weighted by atomic mass is 10.0. The quantitative estimate of drug-likeness (QED) is 0.586. The van der Waals surface area contributed by atoms with Crippen LogP contribution in [0.3, 0.4) is 0 Å². The molecule has 1 aliphatic rings. The SMILES string of the molecule is Cc1ccc([N+](=O)[O-])cc1NC(=O)CN1CCNCC1c1cccc(F)c1.Cl. The van der Waals surface area contributed by atoms with E-state index < -0.39 is 4.92 Å². The van der Waals surface area contributed by atoms with Crippen LogP contribution in [0.25, 0.3) is 0 Å². The molecule has 1 fully saturated rings. The first-order valence-electron chi connectivity index (χ1n) is 8.69. The number of nitro groups is 1. The Morgan fingerprint density at radius 2 is 2.14 bits per heavy atom. The lowest BCUT2D eigenvalue weighted by molar-refractivity contribution is -0.384. The number of hydrogen-bond acceptors (Lipinski definition) is 5. The van der Waals surface area contributed by atoms with Gasteiger partial charge in [-0.05, 0) is 30.2 Å². The fraction of sp³-hybridized carbons (Fsp3) is 0.316. The van der Waals surface area contributed by atoms with E-state index in [1.165, 1.54) is 24.3 Å². The van der Waals surface area contributed by atoms with Crippen molar-refractivity contribution >= 4 is 29.7 Å². The second-order valence-corrected chi connectivity index (χ2v) is 6.55. The molecule has 0 spiro atoms. The minimum Gasteiger partial charge on any atom is -0.324 e. The maximum absolute atomic E-state index is 13.6. The summed E-state index contributed by atoms with van der Waals surface area (Å²) < 4.78 is 13.6. The largest absolute Gasteiger partial charge is 0.324 e. The summed E-state index contributed by atoms with van der Waals surface area (Å²) in [4.78, 5) is 25.0. The summed E-state index contributed by atoms with van der Waals surface area (Å²) in [5, 5.41) is 17.0. The molecule has 2 aromatic rings. The van der Waals surface area contributed by atoms with Crippen LogP contribution in [-0.4, -0.2) is 41.9 Å². The zero-order chi connectivity index (χ0) is 19.4. The minimum atomic E-state index is -0.495. The molecular formula is C19H22ClFN4O3. The van der Waals surface area contributed by atoms with Gasteiger partial charge in [-0.25, -0.2) is 4.39 Å². The Morgan fingerprint density at radius 3 is 2.86 bits per heavy atom. The van der Waals surface area contributed by atoms with Crippen molar-refractivity contribution in [3.8, 4) is 0 Å². The summed E-state index contributed by atoms with van der Waals surface area (Å²) in [5.41, 5.74) is 1.90. The van der Waals surface area contributed by atoms with E-state index in [-0.39, 0.29) is 42.4 Å². The van der Waals surface area contributed by atoms with Crippen LogP contribution < -0.4 is 10.6 Å². The lowest BCUT2D eigenvalue weighted by Crippen LogP contribution is -2.48. The Bertz CT molecular complexity index is 865. The molecule has 3 rings (SSSR count). The number of non-ortho nitro benzene ring substituents is 1. The van der Waals surface area contributed by atoms with Crippen LogP contribution in [0.15, 0.2) is 42.5 Å². The summed E-state index contributed by atoms with van der Waals surface area (Å²) in [6.45, 7) is 3.88. The van der Waals surface area contributed by atoms with Gasteiger partial charge in [0.1, 0.15) is 5.82 Å². The average Bonchev–Trinajstić information content (AvgIpc) is 2.63. The number of benzene rings is 2. The van der Waals surface area contributed by atoms with Crippen molar-refractivity contribution in [2.45, 2.75) is 13.0 Å². The monoisotopic (exact) mass is 408 g/mol. The van der Waals surface area contributed by atoms with Gasteiger partial charge in [0.05, 0.1) is 17.2 Å². The predicted octanol–water partition coefficient (Wildman–Crippen LogP) is 3.05. The topological polar surface area (TPSA) is 87.5 Å². The maximum Gasteiger partial charge on any atom is 0.271 e. The van der Waals surface area contributed by atoms with E-state index in [1.807, 2.05) is 11.0 Å². The Morgan fingerprint density at radius 1 is 1.36 bits per heavy atom. The number of anilines is 1. The standard InChI is InChI=1S/C19H21FN4O3.ClH/c1-13-5-6-16(24(26)27)10-17(13)22-19(25)12-23-8-7-21-11-18(23)14-3-2-4-15(20)9-14;/h2-6,9-10,18,21H,7-8,11-12H2,1H3,(H,22,25);1H. The fourth-order valence-electron chi connectivity index (χ4n) is 3.21. The van der Waals surface area contributed by atoms with Gasteiger partial charge >= 0.3 is 0 Å². The second-order valence-electron chi connectivity index (χ2n) is 6.55. The van der Waals surface area contributed by atoms with E-state index in [2.05, 4.69) is 10.6 Å². The molecule has 2 aromatic carbocycles. The molecule has 1 unspecified atom stereocenters. The van der Waals surface area contributed by atoms with Gasteiger partial charge in [-0.2, -0.15) is 0 Å². The fourth-order valence-corrected chi connectivity index (χ4v) is 3.21. The van der Waals surface area contributed by atoms with Crippen molar-refractivity contribution in [1.29, 1.82) is 0 Å². The number of nitrogens with one attached hydrogen (secondary N) is 2. The third-order valence-corrected chi connectivity index (χ3v) is 4.64. The molecule has 0 aliphatic carbocycles. The summed E-state index contributed by atoms with van der Waals surface area (Å²) in [6.07, 6.45) is 0. The average molecular weight is 409 g/mol. The number of piperazine rings is 1. The molecule has 1 heterocycles. The number of nitrogens with zero attached hydrogens (tertiary/aromatic N) is 2. The molecule has 28 heavy (non-hydrogen) atoms. The number of carbonyl (C=O) groups excluding carboxylic acids is 1.